The zero-order valence-electron chi connectivity index (χ0n) is 18.9. The molecule has 0 bridgehead atoms. The molecule has 3 rings (SSSR count). The Morgan fingerprint density at radius 3 is 2.48 bits per heavy atom. The molecule has 4 nitrogen and oxygen atoms in total. The third kappa shape index (κ3) is 4.34. The minimum absolute atomic E-state index is 0.000258. The van der Waals surface area contributed by atoms with E-state index in [1.165, 1.54) is 6.29 Å². The Balaban J connectivity index is 1.92. The molecule has 1 aliphatic heterocycles. The van der Waals surface area contributed by atoms with Crippen molar-refractivity contribution in [3.05, 3.63) is 12.2 Å². The van der Waals surface area contributed by atoms with E-state index in [9.17, 15) is 4.79 Å². The van der Waals surface area contributed by atoms with Crippen molar-refractivity contribution in [2.24, 2.45) is 17.3 Å². The number of hydrogen-bond donors (Lipinski definition) is 0. The van der Waals surface area contributed by atoms with Crippen LogP contribution in [0, 0.1) is 17.3 Å². The number of aldehydes is 1. The van der Waals surface area contributed by atoms with Crippen molar-refractivity contribution in [2.75, 3.05) is 18.5 Å². The standard InChI is InChI=1S/C23H39BrO4Si/c1-17(15-24)19(28-29(5,6)21(2,3)4)14-22-9-7-8-18(16-25)20(22)23(11-10-22)26-12-13-27-23/h16,18-20H,1,7-15H2,2-6H3/t18-,19+,20-,22-/m0/s1. The van der Waals surface area contributed by atoms with E-state index in [0.717, 1.165) is 49.4 Å². The van der Waals surface area contributed by atoms with Gasteiger partial charge >= 0.3 is 0 Å². The Morgan fingerprint density at radius 2 is 1.93 bits per heavy atom. The average molecular weight is 488 g/mol. The van der Waals surface area contributed by atoms with Gasteiger partial charge in [0, 0.05) is 23.6 Å². The molecule has 0 amide bonds. The summed E-state index contributed by atoms with van der Waals surface area (Å²) in [6.45, 7) is 17.1. The van der Waals surface area contributed by atoms with Gasteiger partial charge in [0.25, 0.3) is 0 Å². The Kier molecular flexibility index (Phi) is 6.93. The van der Waals surface area contributed by atoms with Gasteiger partial charge in [-0.25, -0.2) is 0 Å². The second-order valence-electron chi connectivity index (χ2n) is 10.9. The van der Waals surface area contributed by atoms with Gasteiger partial charge in [0.2, 0.25) is 0 Å². The summed E-state index contributed by atoms with van der Waals surface area (Å²) in [5.41, 5.74) is 1.12. The molecule has 2 aliphatic carbocycles. The number of fused-ring (bicyclic) bond motifs is 2. The van der Waals surface area contributed by atoms with Gasteiger partial charge in [0.05, 0.1) is 19.3 Å². The highest BCUT2D eigenvalue weighted by atomic mass is 79.9. The van der Waals surface area contributed by atoms with Gasteiger partial charge in [-0.3, -0.25) is 0 Å². The van der Waals surface area contributed by atoms with Crippen molar-refractivity contribution in [2.45, 2.75) is 89.3 Å². The van der Waals surface area contributed by atoms with E-state index < -0.39 is 14.1 Å². The lowest BCUT2D eigenvalue weighted by atomic mass is 9.60. The molecule has 0 aromatic heterocycles. The highest BCUT2D eigenvalue weighted by molar-refractivity contribution is 9.09. The van der Waals surface area contributed by atoms with Gasteiger partial charge in [-0.15, -0.1) is 0 Å². The molecule has 4 atom stereocenters. The van der Waals surface area contributed by atoms with E-state index >= 15 is 0 Å². The predicted molar refractivity (Wildman–Crippen MR) is 123 cm³/mol. The molecule has 3 aliphatic rings. The number of carbonyl (C=O) groups excluding carboxylic acids is 1. The van der Waals surface area contributed by atoms with Crippen LogP contribution in [0.25, 0.3) is 0 Å². The van der Waals surface area contributed by atoms with Crippen LogP contribution in [0.5, 0.6) is 0 Å². The van der Waals surface area contributed by atoms with Gasteiger partial charge in [0.1, 0.15) is 6.29 Å². The van der Waals surface area contributed by atoms with Gasteiger partial charge in [-0.2, -0.15) is 0 Å². The number of ether oxygens (including phenoxy) is 2. The largest absolute Gasteiger partial charge is 0.410 e. The van der Waals surface area contributed by atoms with Gasteiger partial charge in [-0.05, 0) is 54.8 Å². The number of alkyl halides is 1. The van der Waals surface area contributed by atoms with E-state index in [1.807, 2.05) is 0 Å². The lowest BCUT2D eigenvalue weighted by Gasteiger charge is -2.49. The Labute approximate surface area is 186 Å². The molecule has 0 unspecified atom stereocenters. The average Bonchev–Trinajstić information content (AvgIpc) is 3.25. The molecule has 29 heavy (non-hydrogen) atoms. The Bertz CT molecular complexity index is 623. The van der Waals surface area contributed by atoms with E-state index in [1.54, 1.807) is 0 Å². The quantitative estimate of drug-likeness (QED) is 0.195. The predicted octanol–water partition coefficient (Wildman–Crippen LogP) is 5.86. The zero-order valence-corrected chi connectivity index (χ0v) is 21.5. The topological polar surface area (TPSA) is 44.8 Å². The van der Waals surface area contributed by atoms with Crippen molar-refractivity contribution in [3.63, 3.8) is 0 Å². The zero-order chi connectivity index (χ0) is 21.5. The summed E-state index contributed by atoms with van der Waals surface area (Å²) in [4.78, 5) is 12.1. The van der Waals surface area contributed by atoms with Crippen molar-refractivity contribution in [1.82, 2.24) is 0 Å². The van der Waals surface area contributed by atoms with E-state index in [-0.39, 0.29) is 28.4 Å². The maximum absolute atomic E-state index is 12.1. The van der Waals surface area contributed by atoms with Crippen LogP contribution in [0.3, 0.4) is 0 Å². The molecular weight excluding hydrogens is 448 g/mol. The minimum atomic E-state index is -1.96. The first-order chi connectivity index (χ1) is 13.5. The normalized spacial score (nSPS) is 32.9. The third-order valence-corrected chi connectivity index (χ3v) is 13.4. The van der Waals surface area contributed by atoms with Crippen molar-refractivity contribution in [1.29, 1.82) is 0 Å². The smallest absolute Gasteiger partial charge is 0.192 e. The van der Waals surface area contributed by atoms with Gasteiger partial charge in [-0.1, -0.05) is 49.7 Å². The summed E-state index contributed by atoms with van der Waals surface area (Å²) < 4.78 is 19.3. The highest BCUT2D eigenvalue weighted by Crippen LogP contribution is 2.63. The van der Waals surface area contributed by atoms with Crippen LogP contribution in [0.15, 0.2) is 12.2 Å². The van der Waals surface area contributed by atoms with Crippen LogP contribution in [-0.4, -0.2) is 45.0 Å². The monoisotopic (exact) mass is 486 g/mol. The first-order valence-electron chi connectivity index (χ1n) is 11.1. The van der Waals surface area contributed by atoms with Crippen LogP contribution in [0.4, 0.5) is 0 Å². The molecule has 1 heterocycles. The fourth-order valence-corrected chi connectivity index (χ4v) is 7.32. The second-order valence-corrected chi connectivity index (χ2v) is 16.2. The van der Waals surface area contributed by atoms with Crippen molar-refractivity contribution >= 4 is 30.5 Å². The summed E-state index contributed by atoms with van der Waals surface area (Å²) in [7, 11) is -1.96. The molecule has 0 aromatic rings. The molecule has 1 spiro atoms. The molecule has 3 fully saturated rings. The fraction of sp³-hybridized carbons (Fsp3) is 0.870. The van der Waals surface area contributed by atoms with E-state index in [0.29, 0.717) is 13.2 Å². The Morgan fingerprint density at radius 1 is 1.28 bits per heavy atom. The highest BCUT2D eigenvalue weighted by Gasteiger charge is 2.64. The Hall–Kier alpha value is -0.0131. The first-order valence-corrected chi connectivity index (χ1v) is 15.2. The van der Waals surface area contributed by atoms with Crippen LogP contribution in [0.2, 0.25) is 18.1 Å². The lowest BCUT2D eigenvalue weighted by Crippen LogP contribution is -2.51. The van der Waals surface area contributed by atoms with Crippen LogP contribution >= 0.6 is 15.9 Å². The number of rotatable bonds is 7. The number of halogens is 1. The van der Waals surface area contributed by atoms with Crippen LogP contribution in [0.1, 0.15) is 59.3 Å². The SMILES string of the molecule is C=C(CBr)[C@@H](C[C@@]12CCC[C@@H](C=O)[C@@H]1C1(CC2)OCCO1)O[Si](C)(C)C(C)(C)C. The maximum atomic E-state index is 12.1. The summed E-state index contributed by atoms with van der Waals surface area (Å²) in [5.74, 6) is -0.434. The molecule has 166 valence electrons. The minimum Gasteiger partial charge on any atom is -0.410 e. The maximum Gasteiger partial charge on any atom is 0.192 e. The van der Waals surface area contributed by atoms with E-state index in [4.69, 9.17) is 13.9 Å². The van der Waals surface area contributed by atoms with Gasteiger partial charge in [0.15, 0.2) is 14.1 Å². The number of carbonyl (C=O) groups is 1. The van der Waals surface area contributed by atoms with E-state index in [2.05, 4.69) is 56.4 Å². The van der Waals surface area contributed by atoms with Gasteiger partial charge < -0.3 is 18.7 Å². The summed E-state index contributed by atoms with van der Waals surface area (Å²) in [6.07, 6.45) is 7.14. The summed E-state index contributed by atoms with van der Waals surface area (Å²) in [6, 6.07) is 0. The molecule has 0 N–H and O–H groups in total. The molecule has 1 saturated heterocycles. The fourth-order valence-electron chi connectivity index (χ4n) is 5.65. The number of hydrogen-bond acceptors (Lipinski definition) is 4. The second kappa shape index (κ2) is 8.49. The summed E-state index contributed by atoms with van der Waals surface area (Å²) in [5, 5.41) is 0.879. The lowest BCUT2D eigenvalue weighted by molar-refractivity contribution is -0.214. The molecular formula is C23H39BrO4Si. The van der Waals surface area contributed by atoms with Crippen LogP contribution in [-0.2, 0) is 18.7 Å². The molecule has 2 saturated carbocycles. The third-order valence-electron chi connectivity index (χ3n) is 8.16. The first kappa shape index (κ1) is 23.6. The summed E-state index contributed by atoms with van der Waals surface area (Å²) >= 11 is 3.62. The van der Waals surface area contributed by atoms with Crippen LogP contribution < -0.4 is 0 Å². The molecule has 0 aromatic carbocycles. The van der Waals surface area contributed by atoms with Crippen molar-refractivity contribution < 1.29 is 18.7 Å². The molecule has 0 radical (unpaired) electrons. The molecule has 6 heteroatoms. The van der Waals surface area contributed by atoms with Crippen molar-refractivity contribution in [3.8, 4) is 0 Å².